The van der Waals surface area contributed by atoms with Crippen molar-refractivity contribution in [3.05, 3.63) is 12.7 Å². The van der Waals surface area contributed by atoms with Crippen molar-refractivity contribution < 1.29 is 9.53 Å². The van der Waals surface area contributed by atoms with Crippen LogP contribution >= 0.6 is 0 Å². The zero-order valence-corrected chi connectivity index (χ0v) is 15.1. The minimum absolute atomic E-state index is 0.00993. The van der Waals surface area contributed by atoms with E-state index in [0.717, 1.165) is 51.4 Å². The first-order valence-corrected chi connectivity index (χ1v) is 9.54. The van der Waals surface area contributed by atoms with E-state index in [0.29, 0.717) is 6.42 Å². The molecule has 0 saturated carbocycles. The number of hydrogen-bond donors (Lipinski definition) is 0. The lowest BCUT2D eigenvalue weighted by atomic mass is 10.1. The Kier molecular flexibility index (Phi) is 16.0. The number of hydrogen-bond acceptors (Lipinski definition) is 2. The zero-order valence-electron chi connectivity index (χ0n) is 15.1. The van der Waals surface area contributed by atoms with E-state index in [1.54, 1.807) is 0 Å². The highest BCUT2D eigenvalue weighted by molar-refractivity contribution is 5.69. The normalized spacial score (nSPS) is 12.1. The van der Waals surface area contributed by atoms with Crippen LogP contribution in [0.15, 0.2) is 12.7 Å². The summed E-state index contributed by atoms with van der Waals surface area (Å²) >= 11 is 0. The molecule has 1 unspecified atom stereocenters. The van der Waals surface area contributed by atoms with Crippen molar-refractivity contribution >= 4 is 5.97 Å². The van der Waals surface area contributed by atoms with Gasteiger partial charge in [-0.3, -0.25) is 4.79 Å². The van der Waals surface area contributed by atoms with Crippen LogP contribution in [0.4, 0.5) is 0 Å². The van der Waals surface area contributed by atoms with Crippen molar-refractivity contribution in [3.63, 3.8) is 0 Å². The molecule has 0 radical (unpaired) electrons. The lowest BCUT2D eigenvalue weighted by Gasteiger charge is -2.17. The van der Waals surface area contributed by atoms with Crippen molar-refractivity contribution in [1.82, 2.24) is 0 Å². The molecular formula is C20H38O2. The quantitative estimate of drug-likeness (QED) is 0.183. The van der Waals surface area contributed by atoms with Crippen molar-refractivity contribution in [2.75, 3.05) is 0 Å². The summed E-state index contributed by atoms with van der Waals surface area (Å²) in [5, 5.41) is 0. The first-order valence-electron chi connectivity index (χ1n) is 9.54. The number of carbonyl (C=O) groups is 1. The average Bonchev–Trinajstić information content (AvgIpc) is 2.51. The van der Waals surface area contributed by atoms with Gasteiger partial charge >= 0.3 is 5.97 Å². The van der Waals surface area contributed by atoms with Crippen molar-refractivity contribution in [2.45, 2.75) is 110 Å². The van der Waals surface area contributed by atoms with Crippen molar-refractivity contribution in [1.29, 1.82) is 0 Å². The van der Waals surface area contributed by atoms with Gasteiger partial charge in [-0.2, -0.15) is 0 Å². The Morgan fingerprint density at radius 2 is 1.59 bits per heavy atom. The Morgan fingerprint density at radius 1 is 0.909 bits per heavy atom. The zero-order chi connectivity index (χ0) is 16.5. The highest BCUT2D eigenvalue weighted by Crippen LogP contribution is 2.15. The largest absolute Gasteiger partial charge is 0.462 e. The first-order chi connectivity index (χ1) is 10.7. The van der Waals surface area contributed by atoms with Gasteiger partial charge in [0.1, 0.15) is 6.10 Å². The Balaban J connectivity index is 3.67. The fraction of sp³-hybridized carbons (Fsp3) is 0.850. The highest BCUT2D eigenvalue weighted by Gasteiger charge is 2.13. The van der Waals surface area contributed by atoms with Gasteiger partial charge in [-0.15, -0.1) is 6.58 Å². The molecule has 0 fully saturated rings. The van der Waals surface area contributed by atoms with Gasteiger partial charge in [-0.05, 0) is 38.5 Å². The summed E-state index contributed by atoms with van der Waals surface area (Å²) in [5.74, 6) is 0.00993. The second-order valence-electron chi connectivity index (χ2n) is 6.34. The second kappa shape index (κ2) is 16.6. The summed E-state index contributed by atoms with van der Waals surface area (Å²) in [6.07, 6.45) is 17.8. The molecule has 0 saturated heterocycles. The predicted octanol–water partition coefficient (Wildman–Crippen LogP) is 6.59. The summed E-state index contributed by atoms with van der Waals surface area (Å²) < 4.78 is 5.65. The molecule has 0 bridgehead atoms. The highest BCUT2D eigenvalue weighted by atomic mass is 16.5. The SMILES string of the molecule is C=CCCCCC(CCC)OC(=O)CCCCCCCCC. The molecule has 2 heteroatoms. The van der Waals surface area contributed by atoms with Gasteiger partial charge < -0.3 is 4.74 Å². The monoisotopic (exact) mass is 310 g/mol. The third-order valence-electron chi connectivity index (χ3n) is 4.08. The number of ether oxygens (including phenoxy) is 1. The number of carbonyl (C=O) groups excluding carboxylic acids is 1. The summed E-state index contributed by atoms with van der Waals surface area (Å²) in [6.45, 7) is 8.13. The Labute approximate surface area is 138 Å². The fourth-order valence-corrected chi connectivity index (χ4v) is 2.72. The molecule has 22 heavy (non-hydrogen) atoms. The van der Waals surface area contributed by atoms with Gasteiger partial charge in [0.15, 0.2) is 0 Å². The van der Waals surface area contributed by atoms with E-state index in [1.165, 1.54) is 32.1 Å². The molecular weight excluding hydrogens is 272 g/mol. The minimum Gasteiger partial charge on any atom is -0.462 e. The van der Waals surface area contributed by atoms with Crippen LogP contribution in [-0.2, 0) is 9.53 Å². The maximum Gasteiger partial charge on any atom is 0.306 e. The maximum absolute atomic E-state index is 11.9. The second-order valence-corrected chi connectivity index (χ2v) is 6.34. The number of rotatable bonds is 16. The third-order valence-corrected chi connectivity index (χ3v) is 4.08. The summed E-state index contributed by atoms with van der Waals surface area (Å²) in [6, 6.07) is 0. The summed E-state index contributed by atoms with van der Waals surface area (Å²) in [4.78, 5) is 11.9. The molecule has 0 aromatic rings. The summed E-state index contributed by atoms with van der Waals surface area (Å²) in [7, 11) is 0. The molecule has 0 heterocycles. The molecule has 0 aliphatic carbocycles. The molecule has 0 aromatic carbocycles. The first kappa shape index (κ1) is 21.2. The van der Waals surface area contributed by atoms with Crippen LogP contribution in [-0.4, -0.2) is 12.1 Å². The molecule has 0 rings (SSSR count). The van der Waals surface area contributed by atoms with E-state index in [2.05, 4.69) is 20.4 Å². The van der Waals surface area contributed by atoms with Crippen LogP contribution in [0.3, 0.4) is 0 Å². The van der Waals surface area contributed by atoms with Crippen LogP contribution in [0.2, 0.25) is 0 Å². The molecule has 2 nitrogen and oxygen atoms in total. The Hall–Kier alpha value is -0.790. The molecule has 0 aliphatic heterocycles. The van der Waals surface area contributed by atoms with Gasteiger partial charge in [-0.1, -0.05) is 64.9 Å². The molecule has 1 atom stereocenters. The standard InChI is InChI=1S/C20H38O2/c1-4-7-9-11-12-13-15-18-20(21)22-19(16-6-3)17-14-10-8-5-2/h5,19H,2,4,6-18H2,1,3H3. The Bertz CT molecular complexity index is 260. The van der Waals surface area contributed by atoms with E-state index >= 15 is 0 Å². The van der Waals surface area contributed by atoms with E-state index in [1.807, 2.05) is 6.08 Å². The topological polar surface area (TPSA) is 26.3 Å². The smallest absolute Gasteiger partial charge is 0.306 e. The van der Waals surface area contributed by atoms with Gasteiger partial charge in [0, 0.05) is 6.42 Å². The van der Waals surface area contributed by atoms with Crippen LogP contribution in [0.5, 0.6) is 0 Å². The van der Waals surface area contributed by atoms with E-state index in [9.17, 15) is 4.79 Å². The number of allylic oxidation sites excluding steroid dienone is 1. The molecule has 0 spiro atoms. The van der Waals surface area contributed by atoms with E-state index < -0.39 is 0 Å². The molecule has 0 amide bonds. The molecule has 130 valence electrons. The lowest BCUT2D eigenvalue weighted by Crippen LogP contribution is -2.18. The molecule has 0 N–H and O–H groups in total. The molecule has 0 aliphatic rings. The van der Waals surface area contributed by atoms with Crippen LogP contribution in [0.1, 0.15) is 104 Å². The lowest BCUT2D eigenvalue weighted by molar-refractivity contribution is -0.150. The maximum atomic E-state index is 11.9. The van der Waals surface area contributed by atoms with Gasteiger partial charge in [0.2, 0.25) is 0 Å². The van der Waals surface area contributed by atoms with Gasteiger partial charge in [0.05, 0.1) is 0 Å². The van der Waals surface area contributed by atoms with Gasteiger partial charge in [-0.25, -0.2) is 0 Å². The molecule has 0 aromatic heterocycles. The van der Waals surface area contributed by atoms with Crippen molar-refractivity contribution in [3.8, 4) is 0 Å². The minimum atomic E-state index is 0.00993. The Morgan fingerprint density at radius 3 is 2.23 bits per heavy atom. The van der Waals surface area contributed by atoms with E-state index in [4.69, 9.17) is 4.74 Å². The average molecular weight is 311 g/mol. The predicted molar refractivity (Wildman–Crippen MR) is 96.1 cm³/mol. The number of unbranched alkanes of at least 4 members (excludes halogenated alkanes) is 8. The summed E-state index contributed by atoms with van der Waals surface area (Å²) in [5.41, 5.74) is 0. The third kappa shape index (κ3) is 14.2. The van der Waals surface area contributed by atoms with E-state index in [-0.39, 0.29) is 12.1 Å². The van der Waals surface area contributed by atoms with Crippen molar-refractivity contribution in [2.24, 2.45) is 0 Å². The van der Waals surface area contributed by atoms with Crippen LogP contribution < -0.4 is 0 Å². The number of esters is 1. The van der Waals surface area contributed by atoms with Crippen LogP contribution in [0.25, 0.3) is 0 Å². The van der Waals surface area contributed by atoms with Gasteiger partial charge in [0.25, 0.3) is 0 Å². The van der Waals surface area contributed by atoms with Crippen LogP contribution in [0, 0.1) is 0 Å². The fourth-order valence-electron chi connectivity index (χ4n) is 2.72.